The lowest BCUT2D eigenvalue weighted by Crippen LogP contribution is -2.12. The summed E-state index contributed by atoms with van der Waals surface area (Å²) in [6.45, 7) is 2.93. The number of ketones is 1. The van der Waals surface area contributed by atoms with Crippen LogP contribution in [0.4, 0.5) is 8.78 Å². The van der Waals surface area contributed by atoms with Crippen LogP contribution in [0.2, 0.25) is 0 Å². The molecule has 0 N–H and O–H groups in total. The Hall–Kier alpha value is -1.30. The monoisotopic (exact) mass is 290 g/mol. The first-order valence-corrected chi connectivity index (χ1v) is 7.74. The molecule has 0 bridgehead atoms. The molecule has 1 aromatic carbocycles. The number of rotatable bonds is 6. The zero-order valence-electron chi connectivity index (χ0n) is 10.9. The lowest BCUT2D eigenvalue weighted by atomic mass is 10.1. The molecule has 1 rings (SSSR count). The van der Waals surface area contributed by atoms with Crippen LogP contribution < -0.4 is 0 Å². The van der Waals surface area contributed by atoms with Crippen LogP contribution in [0.5, 0.6) is 0 Å². The van der Waals surface area contributed by atoms with Crippen LogP contribution in [-0.4, -0.2) is 20.0 Å². The molecule has 0 heterocycles. The molecule has 1 aromatic rings. The molecule has 6 heteroatoms. The van der Waals surface area contributed by atoms with E-state index in [-0.39, 0.29) is 29.1 Å². The molecule has 0 radical (unpaired) electrons. The van der Waals surface area contributed by atoms with Gasteiger partial charge in [-0.2, -0.15) is 0 Å². The fourth-order valence-corrected chi connectivity index (χ4v) is 3.25. The van der Waals surface area contributed by atoms with Crippen LogP contribution in [0.25, 0.3) is 0 Å². The van der Waals surface area contributed by atoms with E-state index in [0.29, 0.717) is 6.42 Å². The van der Waals surface area contributed by atoms with Gasteiger partial charge in [0.05, 0.1) is 11.5 Å². The normalized spacial score (nSPS) is 11.6. The maximum Gasteiger partial charge on any atom is 0.154 e. The van der Waals surface area contributed by atoms with E-state index in [1.807, 2.05) is 0 Å². The number of carbonyl (C=O) groups is 1. The van der Waals surface area contributed by atoms with Gasteiger partial charge in [-0.05, 0) is 19.4 Å². The van der Waals surface area contributed by atoms with Crippen LogP contribution in [-0.2, 0) is 26.8 Å². The van der Waals surface area contributed by atoms with Gasteiger partial charge in [-0.3, -0.25) is 4.79 Å². The van der Waals surface area contributed by atoms with Gasteiger partial charge < -0.3 is 0 Å². The van der Waals surface area contributed by atoms with Crippen LogP contribution in [0.1, 0.15) is 31.4 Å². The first-order valence-electron chi connectivity index (χ1n) is 5.92. The Kier molecular flexibility index (Phi) is 5.17. The third-order valence-electron chi connectivity index (χ3n) is 2.58. The predicted octanol–water partition coefficient (Wildman–Crippen LogP) is 2.42. The highest BCUT2D eigenvalue weighted by molar-refractivity contribution is 7.90. The molecule has 0 saturated heterocycles. The van der Waals surface area contributed by atoms with Crippen molar-refractivity contribution >= 4 is 15.6 Å². The Bertz CT molecular complexity index is 580. The van der Waals surface area contributed by atoms with Crippen molar-refractivity contribution in [3.8, 4) is 0 Å². The molecule has 19 heavy (non-hydrogen) atoms. The van der Waals surface area contributed by atoms with Gasteiger partial charge >= 0.3 is 0 Å². The van der Waals surface area contributed by atoms with Gasteiger partial charge in [0, 0.05) is 17.5 Å². The Labute approximate surface area is 111 Å². The molecule has 0 aliphatic heterocycles. The molecular weight excluding hydrogens is 274 g/mol. The molecule has 0 saturated carbocycles. The molecular formula is C13H16F2O3S. The van der Waals surface area contributed by atoms with Crippen LogP contribution in [0, 0.1) is 11.6 Å². The van der Waals surface area contributed by atoms with Crippen molar-refractivity contribution in [2.75, 3.05) is 5.75 Å². The summed E-state index contributed by atoms with van der Waals surface area (Å²) in [4.78, 5) is 11.0. The molecule has 0 spiro atoms. The van der Waals surface area contributed by atoms with Gasteiger partial charge in [-0.15, -0.1) is 0 Å². The largest absolute Gasteiger partial charge is 0.300 e. The smallest absolute Gasteiger partial charge is 0.154 e. The summed E-state index contributed by atoms with van der Waals surface area (Å²) < 4.78 is 50.7. The lowest BCUT2D eigenvalue weighted by molar-refractivity contribution is -0.116. The van der Waals surface area contributed by atoms with E-state index < -0.39 is 27.2 Å². The molecule has 0 aromatic heterocycles. The van der Waals surface area contributed by atoms with E-state index >= 15 is 0 Å². The Morgan fingerprint density at radius 3 is 2.42 bits per heavy atom. The highest BCUT2D eigenvalue weighted by atomic mass is 32.2. The predicted molar refractivity (Wildman–Crippen MR) is 68.5 cm³/mol. The number of halogens is 2. The minimum atomic E-state index is -3.41. The number of carbonyl (C=O) groups excluding carboxylic acids is 1. The average molecular weight is 290 g/mol. The lowest BCUT2D eigenvalue weighted by Gasteiger charge is -2.09. The molecule has 0 aliphatic carbocycles. The highest BCUT2D eigenvalue weighted by Gasteiger charge is 2.19. The van der Waals surface area contributed by atoms with E-state index in [9.17, 15) is 22.0 Å². The summed E-state index contributed by atoms with van der Waals surface area (Å²) in [6.07, 6.45) is 0.0603. The Balaban J connectivity index is 3.14. The van der Waals surface area contributed by atoms with Gasteiger partial charge in [-0.1, -0.05) is 13.0 Å². The van der Waals surface area contributed by atoms with Crippen molar-refractivity contribution in [3.05, 3.63) is 34.9 Å². The van der Waals surface area contributed by atoms with Crippen LogP contribution in [0.15, 0.2) is 12.1 Å². The first-order chi connectivity index (χ1) is 8.76. The van der Waals surface area contributed by atoms with Crippen molar-refractivity contribution in [2.24, 2.45) is 0 Å². The van der Waals surface area contributed by atoms with Gasteiger partial charge in [0.1, 0.15) is 17.4 Å². The van der Waals surface area contributed by atoms with Gasteiger partial charge in [0.15, 0.2) is 9.84 Å². The summed E-state index contributed by atoms with van der Waals surface area (Å²) in [5.41, 5.74) is -0.456. The van der Waals surface area contributed by atoms with Crippen molar-refractivity contribution in [3.63, 3.8) is 0 Å². The van der Waals surface area contributed by atoms with Crippen molar-refractivity contribution in [2.45, 2.75) is 32.4 Å². The molecule has 0 aliphatic rings. The quantitative estimate of drug-likeness (QED) is 0.808. The second-order valence-electron chi connectivity index (χ2n) is 4.47. The summed E-state index contributed by atoms with van der Waals surface area (Å²) in [5.74, 6) is -2.67. The average Bonchev–Trinajstić information content (AvgIpc) is 2.28. The Morgan fingerprint density at radius 2 is 1.89 bits per heavy atom. The second-order valence-corrected chi connectivity index (χ2v) is 6.65. The number of sulfone groups is 1. The molecule has 0 fully saturated rings. The van der Waals surface area contributed by atoms with Gasteiger partial charge in [0.2, 0.25) is 0 Å². The zero-order valence-corrected chi connectivity index (χ0v) is 11.7. The first kappa shape index (κ1) is 15.8. The third-order valence-corrected chi connectivity index (χ3v) is 4.36. The van der Waals surface area contributed by atoms with Gasteiger partial charge in [-0.25, -0.2) is 17.2 Å². The van der Waals surface area contributed by atoms with E-state index in [1.54, 1.807) is 6.92 Å². The topological polar surface area (TPSA) is 51.2 Å². The van der Waals surface area contributed by atoms with E-state index in [1.165, 1.54) is 6.92 Å². The maximum atomic E-state index is 14.0. The fourth-order valence-electron chi connectivity index (χ4n) is 1.79. The summed E-state index contributed by atoms with van der Waals surface area (Å²) in [7, 11) is -3.41. The Morgan fingerprint density at radius 1 is 1.26 bits per heavy atom. The van der Waals surface area contributed by atoms with E-state index in [0.717, 1.165) is 12.1 Å². The number of hydrogen-bond donors (Lipinski definition) is 0. The second kappa shape index (κ2) is 6.23. The highest BCUT2D eigenvalue weighted by Crippen LogP contribution is 2.20. The third kappa shape index (κ3) is 4.38. The van der Waals surface area contributed by atoms with E-state index in [4.69, 9.17) is 0 Å². The SMILES string of the molecule is CCCS(=O)(=O)Cc1ccc(F)c(CC(C)=O)c1F. The fraction of sp³-hybridized carbons (Fsp3) is 0.462. The maximum absolute atomic E-state index is 14.0. The number of benzene rings is 1. The summed E-state index contributed by atoms with van der Waals surface area (Å²) in [6, 6.07) is 2.11. The summed E-state index contributed by atoms with van der Waals surface area (Å²) >= 11 is 0. The molecule has 0 amide bonds. The minimum Gasteiger partial charge on any atom is -0.300 e. The van der Waals surface area contributed by atoms with Crippen LogP contribution >= 0.6 is 0 Å². The number of hydrogen-bond acceptors (Lipinski definition) is 3. The van der Waals surface area contributed by atoms with E-state index in [2.05, 4.69) is 0 Å². The van der Waals surface area contributed by atoms with Crippen molar-refractivity contribution < 1.29 is 22.0 Å². The molecule has 106 valence electrons. The van der Waals surface area contributed by atoms with Crippen molar-refractivity contribution in [1.82, 2.24) is 0 Å². The number of Topliss-reactive ketones (excluding diaryl/α,β-unsaturated/α-hetero) is 1. The van der Waals surface area contributed by atoms with Gasteiger partial charge in [0.25, 0.3) is 0 Å². The molecule has 3 nitrogen and oxygen atoms in total. The summed E-state index contributed by atoms with van der Waals surface area (Å²) in [5, 5.41) is 0. The molecule has 0 atom stereocenters. The molecule has 0 unspecified atom stereocenters. The van der Waals surface area contributed by atoms with Crippen LogP contribution in [0.3, 0.4) is 0 Å². The zero-order chi connectivity index (χ0) is 14.6. The standard InChI is InChI=1S/C13H16F2O3S/c1-3-6-19(17,18)8-10-4-5-12(14)11(13(10)15)7-9(2)16/h4-5H,3,6-8H2,1-2H3. The minimum absolute atomic E-state index is 0.0497. The van der Waals surface area contributed by atoms with Crippen molar-refractivity contribution in [1.29, 1.82) is 0 Å².